The van der Waals surface area contributed by atoms with Gasteiger partial charge < -0.3 is 10.1 Å². The summed E-state index contributed by atoms with van der Waals surface area (Å²) in [6, 6.07) is 6.91. The SMILES string of the molecule is O=C(CCCOc1ccccc1Cl)N[C@H]1CCS(=O)(=O)C1. The molecule has 1 aromatic rings. The van der Waals surface area contributed by atoms with Crippen molar-refractivity contribution in [2.75, 3.05) is 18.1 Å². The number of rotatable bonds is 6. The van der Waals surface area contributed by atoms with Crippen molar-refractivity contribution in [3.8, 4) is 5.75 Å². The van der Waals surface area contributed by atoms with Crippen molar-refractivity contribution >= 4 is 27.3 Å². The quantitative estimate of drug-likeness (QED) is 0.807. The zero-order valence-corrected chi connectivity index (χ0v) is 13.1. The Bertz CT molecular complexity index is 603. The number of hydrogen-bond acceptors (Lipinski definition) is 4. The van der Waals surface area contributed by atoms with Crippen molar-refractivity contribution in [2.45, 2.75) is 25.3 Å². The highest BCUT2D eigenvalue weighted by Crippen LogP contribution is 2.23. The topological polar surface area (TPSA) is 72.5 Å². The Kier molecular flexibility index (Phi) is 5.47. The number of hydrogen-bond donors (Lipinski definition) is 1. The molecule has 5 nitrogen and oxygen atoms in total. The molecule has 0 aliphatic carbocycles. The zero-order chi connectivity index (χ0) is 15.3. The predicted octanol–water partition coefficient (Wildman–Crippen LogP) is 1.80. The Labute approximate surface area is 129 Å². The van der Waals surface area contributed by atoms with E-state index in [-0.39, 0.29) is 23.5 Å². The molecule has 1 amide bonds. The smallest absolute Gasteiger partial charge is 0.220 e. The molecule has 7 heteroatoms. The zero-order valence-electron chi connectivity index (χ0n) is 11.5. The van der Waals surface area contributed by atoms with E-state index >= 15 is 0 Å². The van der Waals surface area contributed by atoms with Gasteiger partial charge >= 0.3 is 0 Å². The second kappa shape index (κ2) is 7.13. The summed E-state index contributed by atoms with van der Waals surface area (Å²) in [5.41, 5.74) is 0. The van der Waals surface area contributed by atoms with E-state index in [1.807, 2.05) is 12.1 Å². The summed E-state index contributed by atoms with van der Waals surface area (Å²) in [7, 11) is -2.96. The lowest BCUT2D eigenvalue weighted by Crippen LogP contribution is -2.35. The highest BCUT2D eigenvalue weighted by molar-refractivity contribution is 7.91. The summed E-state index contributed by atoms with van der Waals surface area (Å²) in [6.07, 6.45) is 1.36. The standard InChI is InChI=1S/C14H18ClNO4S/c15-12-4-1-2-5-13(12)20-8-3-6-14(17)16-11-7-9-21(18,19)10-11/h1-2,4-5,11H,3,6-10H2,(H,16,17)/t11-/m0/s1. The van der Waals surface area contributed by atoms with Crippen LogP contribution in [0.2, 0.25) is 5.02 Å². The van der Waals surface area contributed by atoms with Gasteiger partial charge in [-0.05, 0) is 25.0 Å². The fourth-order valence-electron chi connectivity index (χ4n) is 2.19. The van der Waals surface area contributed by atoms with Gasteiger partial charge in [0.15, 0.2) is 9.84 Å². The molecule has 1 heterocycles. The molecule has 0 bridgehead atoms. The van der Waals surface area contributed by atoms with E-state index in [4.69, 9.17) is 16.3 Å². The fourth-order valence-corrected chi connectivity index (χ4v) is 4.05. The van der Waals surface area contributed by atoms with Crippen LogP contribution >= 0.6 is 11.6 Å². The molecule has 1 atom stereocenters. The van der Waals surface area contributed by atoms with Gasteiger partial charge in [-0.3, -0.25) is 4.79 Å². The van der Waals surface area contributed by atoms with E-state index in [2.05, 4.69) is 5.32 Å². The van der Waals surface area contributed by atoms with Crippen molar-refractivity contribution < 1.29 is 17.9 Å². The van der Waals surface area contributed by atoms with Crippen LogP contribution in [0.4, 0.5) is 0 Å². The number of para-hydroxylation sites is 1. The number of amides is 1. The molecule has 0 spiro atoms. The van der Waals surface area contributed by atoms with Crippen molar-refractivity contribution in [1.82, 2.24) is 5.32 Å². The van der Waals surface area contributed by atoms with Gasteiger partial charge in [0, 0.05) is 12.5 Å². The molecular formula is C14H18ClNO4S. The number of sulfone groups is 1. The summed E-state index contributed by atoms with van der Waals surface area (Å²) in [6.45, 7) is 0.389. The third-order valence-corrected chi connectivity index (χ3v) is 5.32. The van der Waals surface area contributed by atoms with Crippen molar-refractivity contribution in [3.63, 3.8) is 0 Å². The molecule has 0 saturated carbocycles. The number of carbonyl (C=O) groups is 1. The largest absolute Gasteiger partial charge is 0.492 e. The van der Waals surface area contributed by atoms with Gasteiger partial charge in [-0.15, -0.1) is 0 Å². The van der Waals surface area contributed by atoms with Crippen LogP contribution in [0.5, 0.6) is 5.75 Å². The average molecular weight is 332 g/mol. The van der Waals surface area contributed by atoms with Gasteiger partial charge in [0.05, 0.1) is 23.1 Å². The summed E-state index contributed by atoms with van der Waals surface area (Å²) in [5.74, 6) is 0.670. The molecule has 116 valence electrons. The number of halogens is 1. The third-order valence-electron chi connectivity index (χ3n) is 3.24. The number of ether oxygens (including phenoxy) is 1. The van der Waals surface area contributed by atoms with Crippen LogP contribution in [0, 0.1) is 0 Å². The summed E-state index contributed by atoms with van der Waals surface area (Å²) < 4.78 is 28.1. The van der Waals surface area contributed by atoms with Crippen LogP contribution in [0.25, 0.3) is 0 Å². The van der Waals surface area contributed by atoms with Crippen LogP contribution in [-0.4, -0.2) is 38.5 Å². The molecule has 1 fully saturated rings. The van der Waals surface area contributed by atoms with E-state index < -0.39 is 9.84 Å². The first kappa shape index (κ1) is 16.1. The lowest BCUT2D eigenvalue weighted by Gasteiger charge is -2.11. The maximum atomic E-state index is 11.7. The van der Waals surface area contributed by atoms with E-state index in [0.717, 1.165) is 0 Å². The lowest BCUT2D eigenvalue weighted by atomic mass is 10.2. The maximum Gasteiger partial charge on any atom is 0.220 e. The normalized spacial score (nSPS) is 20.1. The highest BCUT2D eigenvalue weighted by atomic mass is 35.5. The van der Waals surface area contributed by atoms with Gasteiger partial charge in [-0.1, -0.05) is 23.7 Å². The predicted molar refractivity (Wildman–Crippen MR) is 81.4 cm³/mol. The molecule has 1 aliphatic rings. The maximum absolute atomic E-state index is 11.7. The van der Waals surface area contributed by atoms with Gasteiger partial charge in [-0.2, -0.15) is 0 Å². The first-order chi connectivity index (χ1) is 9.96. The Morgan fingerprint density at radius 1 is 1.38 bits per heavy atom. The molecule has 21 heavy (non-hydrogen) atoms. The van der Waals surface area contributed by atoms with Crippen LogP contribution in [0.1, 0.15) is 19.3 Å². The molecule has 0 radical (unpaired) electrons. The molecule has 1 aliphatic heterocycles. The minimum Gasteiger partial charge on any atom is -0.492 e. The van der Waals surface area contributed by atoms with E-state index in [0.29, 0.717) is 36.6 Å². The third kappa shape index (κ3) is 5.21. The molecule has 0 aromatic heterocycles. The molecular weight excluding hydrogens is 314 g/mol. The van der Waals surface area contributed by atoms with E-state index in [1.54, 1.807) is 12.1 Å². The van der Waals surface area contributed by atoms with Gasteiger partial charge in [0.2, 0.25) is 5.91 Å². The number of carbonyl (C=O) groups excluding carboxylic acids is 1. The van der Waals surface area contributed by atoms with Crippen LogP contribution in [0.15, 0.2) is 24.3 Å². The van der Waals surface area contributed by atoms with Crippen LogP contribution < -0.4 is 10.1 Å². The summed E-state index contributed by atoms with van der Waals surface area (Å²) >= 11 is 5.94. The summed E-state index contributed by atoms with van der Waals surface area (Å²) in [5, 5.41) is 3.28. The Balaban J connectivity index is 1.65. The first-order valence-electron chi connectivity index (χ1n) is 6.83. The van der Waals surface area contributed by atoms with Gasteiger partial charge in [0.1, 0.15) is 5.75 Å². The Hall–Kier alpha value is -1.27. The van der Waals surface area contributed by atoms with Crippen molar-refractivity contribution in [2.24, 2.45) is 0 Å². The average Bonchev–Trinajstić information content (AvgIpc) is 2.76. The molecule has 1 N–H and O–H groups in total. The van der Waals surface area contributed by atoms with E-state index in [1.165, 1.54) is 0 Å². The fraction of sp³-hybridized carbons (Fsp3) is 0.500. The molecule has 1 aromatic carbocycles. The van der Waals surface area contributed by atoms with Crippen molar-refractivity contribution in [3.05, 3.63) is 29.3 Å². The number of benzene rings is 1. The van der Waals surface area contributed by atoms with Crippen molar-refractivity contribution in [1.29, 1.82) is 0 Å². The second-order valence-corrected chi connectivity index (χ2v) is 7.69. The minimum absolute atomic E-state index is 0.0505. The lowest BCUT2D eigenvalue weighted by molar-refractivity contribution is -0.121. The first-order valence-corrected chi connectivity index (χ1v) is 9.03. The van der Waals surface area contributed by atoms with Crippen LogP contribution in [-0.2, 0) is 14.6 Å². The molecule has 2 rings (SSSR count). The Morgan fingerprint density at radius 3 is 2.81 bits per heavy atom. The van der Waals surface area contributed by atoms with E-state index in [9.17, 15) is 13.2 Å². The second-order valence-electron chi connectivity index (χ2n) is 5.05. The minimum atomic E-state index is -2.96. The number of nitrogens with one attached hydrogen (secondary N) is 1. The van der Waals surface area contributed by atoms with Gasteiger partial charge in [0.25, 0.3) is 0 Å². The van der Waals surface area contributed by atoms with Crippen LogP contribution in [0.3, 0.4) is 0 Å². The Morgan fingerprint density at radius 2 is 2.14 bits per heavy atom. The molecule has 0 unspecified atom stereocenters. The monoisotopic (exact) mass is 331 g/mol. The van der Waals surface area contributed by atoms with Gasteiger partial charge in [-0.25, -0.2) is 8.42 Å². The summed E-state index contributed by atoms with van der Waals surface area (Å²) in [4.78, 5) is 11.7. The molecule has 1 saturated heterocycles. The highest BCUT2D eigenvalue weighted by Gasteiger charge is 2.28.